The molecule has 0 radical (unpaired) electrons. The van der Waals surface area contributed by atoms with E-state index in [2.05, 4.69) is 19.8 Å². The lowest BCUT2D eigenvalue weighted by Crippen LogP contribution is -2.19. The highest BCUT2D eigenvalue weighted by molar-refractivity contribution is 5.75. The van der Waals surface area contributed by atoms with E-state index >= 15 is 0 Å². The maximum atomic E-state index is 10.8. The van der Waals surface area contributed by atoms with Crippen LogP contribution in [0.3, 0.4) is 0 Å². The summed E-state index contributed by atoms with van der Waals surface area (Å²) in [6, 6.07) is -1.01. The molecule has 0 aromatic rings. The number of carboxylic acid groups (broad SMARTS) is 1. The zero-order valence-corrected chi connectivity index (χ0v) is 9.16. The SMILES string of the molecule is C/C=N\C(=C/N)C[C@@H](/N=C/OOC)C(=O)O. The lowest BCUT2D eigenvalue weighted by Gasteiger charge is -2.06. The molecule has 3 N–H and O–H groups in total. The maximum absolute atomic E-state index is 10.8. The normalized spacial score (nSPS) is 14.5. The highest BCUT2D eigenvalue weighted by Crippen LogP contribution is 2.09. The van der Waals surface area contributed by atoms with Crippen LogP contribution in [-0.2, 0) is 14.6 Å². The molecule has 0 saturated heterocycles. The summed E-state index contributed by atoms with van der Waals surface area (Å²) < 4.78 is 0. The third kappa shape index (κ3) is 5.76. The van der Waals surface area contributed by atoms with Crippen molar-refractivity contribution in [2.24, 2.45) is 15.7 Å². The summed E-state index contributed by atoms with van der Waals surface area (Å²) in [5.74, 6) is -1.10. The fourth-order valence-electron chi connectivity index (χ4n) is 0.873. The van der Waals surface area contributed by atoms with Crippen LogP contribution < -0.4 is 5.73 Å². The largest absolute Gasteiger partial charge is 0.480 e. The van der Waals surface area contributed by atoms with Gasteiger partial charge in [0.1, 0.15) is 0 Å². The Kier molecular flexibility index (Phi) is 7.43. The Morgan fingerprint density at radius 2 is 2.31 bits per heavy atom. The number of nitrogens with zero attached hydrogens (tertiary/aromatic N) is 2. The second-order valence-electron chi connectivity index (χ2n) is 2.62. The monoisotopic (exact) mass is 229 g/mol. The number of aliphatic carboxylic acids is 1. The molecule has 0 aromatic carbocycles. The van der Waals surface area contributed by atoms with Crippen molar-refractivity contribution >= 4 is 18.6 Å². The van der Waals surface area contributed by atoms with Crippen molar-refractivity contribution < 1.29 is 19.7 Å². The molecule has 0 unspecified atom stereocenters. The third-order valence-corrected chi connectivity index (χ3v) is 1.55. The number of nitrogens with two attached hydrogens (primary N) is 1. The van der Waals surface area contributed by atoms with Crippen molar-refractivity contribution in [3.05, 3.63) is 11.9 Å². The van der Waals surface area contributed by atoms with Crippen molar-refractivity contribution in [1.29, 1.82) is 0 Å². The van der Waals surface area contributed by atoms with E-state index < -0.39 is 12.0 Å². The smallest absolute Gasteiger partial charge is 0.328 e. The molecule has 0 bridgehead atoms. The van der Waals surface area contributed by atoms with Gasteiger partial charge in [0.25, 0.3) is 0 Å². The zero-order valence-electron chi connectivity index (χ0n) is 9.16. The Morgan fingerprint density at radius 1 is 1.62 bits per heavy atom. The molecule has 0 aliphatic rings. The molecule has 0 fully saturated rings. The van der Waals surface area contributed by atoms with Gasteiger partial charge in [0.05, 0.1) is 12.8 Å². The second-order valence-corrected chi connectivity index (χ2v) is 2.62. The Labute approximate surface area is 93.2 Å². The maximum Gasteiger partial charge on any atom is 0.328 e. The molecule has 0 aliphatic heterocycles. The predicted octanol–water partition coefficient (Wildman–Crippen LogP) is 0.327. The van der Waals surface area contributed by atoms with Crippen molar-refractivity contribution in [2.45, 2.75) is 19.4 Å². The highest BCUT2D eigenvalue weighted by atomic mass is 17.2. The molecule has 16 heavy (non-hydrogen) atoms. The second kappa shape index (κ2) is 8.42. The quantitative estimate of drug-likeness (QED) is 0.283. The number of hydrogen-bond acceptors (Lipinski definition) is 6. The van der Waals surface area contributed by atoms with E-state index in [1.807, 2.05) is 0 Å². The standard InChI is InChI=1S/C9H15N3O4/c1-3-11-7(5-10)4-8(9(13)14)12-6-16-15-2/h3,5-6,8H,4,10H2,1-2H3,(H,13,14)/b7-5-,11-3-,12-6+/t8-/m1/s1. The summed E-state index contributed by atoms with van der Waals surface area (Å²) >= 11 is 0. The minimum atomic E-state index is -1.10. The van der Waals surface area contributed by atoms with Gasteiger partial charge in [-0.3, -0.25) is 4.99 Å². The molecule has 7 nitrogen and oxygen atoms in total. The predicted molar refractivity (Wildman–Crippen MR) is 59.1 cm³/mol. The first-order valence-electron chi connectivity index (χ1n) is 4.49. The molecule has 90 valence electrons. The molecular formula is C9H15N3O4. The van der Waals surface area contributed by atoms with Crippen LogP contribution in [0.5, 0.6) is 0 Å². The van der Waals surface area contributed by atoms with Crippen molar-refractivity contribution in [3.63, 3.8) is 0 Å². The molecular weight excluding hydrogens is 214 g/mol. The van der Waals surface area contributed by atoms with E-state index in [4.69, 9.17) is 10.8 Å². The Bertz CT molecular complexity index is 299. The summed E-state index contributed by atoms with van der Waals surface area (Å²) in [5, 5.41) is 8.86. The fourth-order valence-corrected chi connectivity index (χ4v) is 0.873. The number of rotatable bonds is 7. The van der Waals surface area contributed by atoms with Gasteiger partial charge in [0, 0.05) is 18.8 Å². The molecule has 0 saturated carbocycles. The number of carbonyl (C=O) groups is 1. The Morgan fingerprint density at radius 3 is 2.75 bits per heavy atom. The fraction of sp³-hybridized carbons (Fsp3) is 0.444. The van der Waals surface area contributed by atoms with Crippen LogP contribution in [0.2, 0.25) is 0 Å². The average Bonchev–Trinajstić information content (AvgIpc) is 2.26. The summed E-state index contributed by atoms with van der Waals surface area (Å²) in [5.41, 5.74) is 5.72. The van der Waals surface area contributed by atoms with Gasteiger partial charge in [0.15, 0.2) is 6.04 Å². The molecule has 0 rings (SSSR count). The minimum absolute atomic E-state index is 0.0831. The molecule has 7 heteroatoms. The average molecular weight is 229 g/mol. The van der Waals surface area contributed by atoms with Gasteiger partial charge in [-0.05, 0) is 6.92 Å². The topological polar surface area (TPSA) is 107 Å². The van der Waals surface area contributed by atoms with Crippen LogP contribution in [0, 0.1) is 0 Å². The van der Waals surface area contributed by atoms with Crippen LogP contribution in [0.4, 0.5) is 0 Å². The zero-order chi connectivity index (χ0) is 12.4. The van der Waals surface area contributed by atoms with Gasteiger partial charge in [-0.2, -0.15) is 4.89 Å². The molecule has 1 atom stereocenters. The van der Waals surface area contributed by atoms with Crippen LogP contribution in [-0.4, -0.2) is 36.8 Å². The van der Waals surface area contributed by atoms with E-state index in [1.54, 1.807) is 6.92 Å². The molecule has 0 amide bonds. The van der Waals surface area contributed by atoms with Crippen LogP contribution >= 0.6 is 0 Å². The lowest BCUT2D eigenvalue weighted by atomic mass is 10.2. The number of aliphatic imine (C=N–C) groups is 2. The summed E-state index contributed by atoms with van der Waals surface area (Å²) in [6.45, 7) is 1.70. The van der Waals surface area contributed by atoms with Crippen LogP contribution in [0.1, 0.15) is 13.3 Å². The van der Waals surface area contributed by atoms with Crippen molar-refractivity contribution in [3.8, 4) is 0 Å². The summed E-state index contributed by atoms with van der Waals surface area (Å²) in [7, 11) is 1.29. The van der Waals surface area contributed by atoms with Gasteiger partial charge in [0.2, 0.25) is 6.40 Å². The summed E-state index contributed by atoms with van der Waals surface area (Å²) in [4.78, 5) is 26.9. The molecule has 0 spiro atoms. The molecule has 0 aromatic heterocycles. The van der Waals surface area contributed by atoms with E-state index in [1.165, 1.54) is 19.5 Å². The number of hydrogen-bond donors (Lipinski definition) is 2. The highest BCUT2D eigenvalue weighted by Gasteiger charge is 2.17. The minimum Gasteiger partial charge on any atom is -0.480 e. The van der Waals surface area contributed by atoms with Gasteiger partial charge >= 0.3 is 5.97 Å². The van der Waals surface area contributed by atoms with E-state index in [-0.39, 0.29) is 6.42 Å². The van der Waals surface area contributed by atoms with Crippen LogP contribution in [0.25, 0.3) is 0 Å². The first kappa shape index (κ1) is 14.1. The first-order valence-corrected chi connectivity index (χ1v) is 4.49. The van der Waals surface area contributed by atoms with Crippen LogP contribution in [0.15, 0.2) is 21.9 Å². The van der Waals surface area contributed by atoms with Crippen molar-refractivity contribution in [1.82, 2.24) is 0 Å². The van der Waals surface area contributed by atoms with E-state index in [0.29, 0.717) is 5.70 Å². The van der Waals surface area contributed by atoms with Gasteiger partial charge < -0.3 is 15.7 Å². The Hall–Kier alpha value is -1.89. The first-order chi connectivity index (χ1) is 7.65. The van der Waals surface area contributed by atoms with E-state index in [9.17, 15) is 4.79 Å². The Balaban J connectivity index is 4.50. The molecule has 0 heterocycles. The number of carboxylic acids is 1. The third-order valence-electron chi connectivity index (χ3n) is 1.55. The summed E-state index contributed by atoms with van der Waals surface area (Å²) in [6.07, 6.45) is 3.76. The van der Waals surface area contributed by atoms with Crippen molar-refractivity contribution in [2.75, 3.05) is 7.11 Å². The van der Waals surface area contributed by atoms with E-state index in [0.717, 1.165) is 6.40 Å². The molecule has 0 aliphatic carbocycles. The van der Waals surface area contributed by atoms with Gasteiger partial charge in [-0.25, -0.2) is 9.79 Å². The van der Waals surface area contributed by atoms with Gasteiger partial charge in [-0.15, -0.1) is 0 Å². The lowest BCUT2D eigenvalue weighted by molar-refractivity contribution is -0.188. The van der Waals surface area contributed by atoms with Gasteiger partial charge in [-0.1, -0.05) is 0 Å².